The van der Waals surface area contributed by atoms with Crippen molar-refractivity contribution in [2.75, 3.05) is 75.2 Å². The van der Waals surface area contributed by atoms with Crippen LogP contribution in [0.15, 0.2) is 60.7 Å². The summed E-state index contributed by atoms with van der Waals surface area (Å²) in [5.41, 5.74) is 17.0. The molecule has 4 N–H and O–H groups in total. The molecule has 8 nitrogen and oxygen atoms in total. The number of fused-ring (bicyclic) bond motifs is 6. The Morgan fingerprint density at radius 3 is 1.74 bits per heavy atom. The molecule has 0 saturated carbocycles. The van der Waals surface area contributed by atoms with E-state index in [1.165, 1.54) is 0 Å². The fourth-order valence-electron chi connectivity index (χ4n) is 6.84. The Bertz CT molecular complexity index is 1330. The van der Waals surface area contributed by atoms with Gasteiger partial charge >= 0.3 is 0 Å². The minimum Gasteiger partial charge on any atom is -0.456 e. The highest BCUT2D eigenvalue weighted by molar-refractivity contribution is 6.02. The number of nitrogens with zero attached hydrogens (tertiary/aromatic N) is 4. The van der Waals surface area contributed by atoms with E-state index >= 15 is 0 Å². The van der Waals surface area contributed by atoms with Crippen molar-refractivity contribution in [2.24, 2.45) is 11.5 Å². The number of ether oxygens (including phenoxy) is 1. The van der Waals surface area contributed by atoms with Crippen molar-refractivity contribution in [3.63, 3.8) is 0 Å². The summed E-state index contributed by atoms with van der Waals surface area (Å²) in [6, 6.07) is 21.0. The van der Waals surface area contributed by atoms with Crippen LogP contribution in [0.3, 0.4) is 0 Å². The first-order valence-electron chi connectivity index (χ1n) is 15.5. The molecule has 0 bridgehead atoms. The van der Waals surface area contributed by atoms with E-state index in [0.717, 1.165) is 84.4 Å². The molecule has 0 atom stereocenters. The zero-order valence-electron chi connectivity index (χ0n) is 25.6. The van der Waals surface area contributed by atoms with Crippen molar-refractivity contribution >= 4 is 17.3 Å². The summed E-state index contributed by atoms with van der Waals surface area (Å²) in [6.07, 6.45) is 0. The number of anilines is 2. The molecular formula is C34H46N6O2. The Kier molecular flexibility index (Phi) is 9.06. The van der Waals surface area contributed by atoms with Crippen LogP contribution in [0.1, 0.15) is 54.7 Å². The second-order valence-electron chi connectivity index (χ2n) is 10.9. The van der Waals surface area contributed by atoms with Gasteiger partial charge in [0, 0.05) is 106 Å². The zero-order valence-corrected chi connectivity index (χ0v) is 25.6. The highest BCUT2D eigenvalue weighted by Gasteiger charge is 2.56. The van der Waals surface area contributed by atoms with E-state index in [-0.39, 0.29) is 5.91 Å². The number of hydrogen-bond donors (Lipinski definition) is 2. The Balaban J connectivity index is 1.75. The maximum Gasteiger partial charge on any atom is 0.255 e. The van der Waals surface area contributed by atoms with Crippen molar-refractivity contribution in [2.45, 2.75) is 33.2 Å². The second kappa shape index (κ2) is 12.7. The highest BCUT2D eigenvalue weighted by atomic mass is 16.5. The van der Waals surface area contributed by atoms with Crippen LogP contribution in [0.25, 0.3) is 0 Å². The van der Waals surface area contributed by atoms with Gasteiger partial charge in [-0.1, -0.05) is 30.3 Å². The van der Waals surface area contributed by atoms with Gasteiger partial charge in [-0.3, -0.25) is 9.69 Å². The molecule has 2 heterocycles. The Morgan fingerprint density at radius 1 is 0.714 bits per heavy atom. The molecule has 2 aliphatic heterocycles. The minimum atomic E-state index is -0.822. The van der Waals surface area contributed by atoms with Gasteiger partial charge in [0.1, 0.15) is 17.0 Å². The first-order valence-corrected chi connectivity index (χ1v) is 15.5. The lowest BCUT2D eigenvalue weighted by Crippen LogP contribution is -2.50. The predicted octanol–water partition coefficient (Wildman–Crippen LogP) is 4.45. The van der Waals surface area contributed by atoms with E-state index < -0.39 is 5.54 Å². The summed E-state index contributed by atoms with van der Waals surface area (Å²) in [4.78, 5) is 23.3. The molecule has 0 saturated heterocycles. The van der Waals surface area contributed by atoms with E-state index in [4.69, 9.17) is 16.2 Å². The van der Waals surface area contributed by atoms with Gasteiger partial charge in [-0.05, 0) is 51.5 Å². The van der Waals surface area contributed by atoms with Crippen molar-refractivity contribution in [3.05, 3.63) is 82.9 Å². The summed E-state index contributed by atoms with van der Waals surface area (Å²) in [7, 11) is 0. The standard InChI is InChI=1S/C34H46N6O2/c1-5-38(6-2)25-13-15-29-31(23-25)42-32-24-26(39(7-3)8-4)14-16-30(32)34(29)28-12-10-9-11-27(28)33(41)40(34)22-21-37(19-17-35)20-18-36/h9-16,23-24H,5-8,17-22,35-36H2,1-4H3. The second-order valence-corrected chi connectivity index (χ2v) is 10.9. The molecule has 5 rings (SSSR count). The molecule has 3 aromatic carbocycles. The van der Waals surface area contributed by atoms with E-state index in [1.54, 1.807) is 0 Å². The lowest BCUT2D eigenvalue weighted by Gasteiger charge is -2.45. The number of nitrogens with two attached hydrogens (primary N) is 2. The van der Waals surface area contributed by atoms with Crippen LogP contribution >= 0.6 is 0 Å². The first kappa shape index (κ1) is 29.9. The normalized spacial score (nSPS) is 14.5. The number of carbonyl (C=O) groups is 1. The van der Waals surface area contributed by atoms with Crippen LogP contribution in [0.5, 0.6) is 11.5 Å². The third kappa shape index (κ3) is 4.91. The number of rotatable bonds is 13. The van der Waals surface area contributed by atoms with Crippen LogP contribution < -0.4 is 26.0 Å². The third-order valence-corrected chi connectivity index (χ3v) is 8.91. The van der Waals surface area contributed by atoms with Gasteiger partial charge in [-0.25, -0.2) is 0 Å². The molecule has 2 aliphatic rings. The summed E-state index contributed by atoms with van der Waals surface area (Å²) < 4.78 is 6.79. The number of hydrogen-bond acceptors (Lipinski definition) is 7. The first-order chi connectivity index (χ1) is 20.5. The third-order valence-electron chi connectivity index (χ3n) is 8.91. The Hall–Kier alpha value is -3.59. The van der Waals surface area contributed by atoms with E-state index in [1.807, 2.05) is 18.2 Å². The Labute approximate surface area is 250 Å². The van der Waals surface area contributed by atoms with Crippen LogP contribution in [0.2, 0.25) is 0 Å². The van der Waals surface area contributed by atoms with Gasteiger partial charge in [0.05, 0.1) is 0 Å². The molecule has 42 heavy (non-hydrogen) atoms. The molecule has 1 amide bonds. The van der Waals surface area contributed by atoms with E-state index in [0.29, 0.717) is 26.2 Å². The topological polar surface area (TPSA) is 91.3 Å². The minimum absolute atomic E-state index is 0.0329. The fraction of sp³-hybridized carbons (Fsp3) is 0.441. The SMILES string of the molecule is CCN(CC)c1ccc2c(c1)Oc1cc(N(CC)CC)ccc1C21c2ccccc2C(=O)N1CCN(CCN)CCN. The summed E-state index contributed by atoms with van der Waals surface area (Å²) >= 11 is 0. The van der Waals surface area contributed by atoms with Gasteiger partial charge in [0.25, 0.3) is 5.91 Å². The lowest BCUT2D eigenvalue weighted by atomic mass is 9.74. The maximum atomic E-state index is 14.4. The van der Waals surface area contributed by atoms with Crippen molar-refractivity contribution in [1.29, 1.82) is 0 Å². The molecule has 224 valence electrons. The Morgan fingerprint density at radius 2 is 1.24 bits per heavy atom. The molecule has 3 aromatic rings. The van der Waals surface area contributed by atoms with E-state index in [2.05, 4.69) is 89.8 Å². The van der Waals surface area contributed by atoms with Gasteiger partial charge in [-0.15, -0.1) is 0 Å². The van der Waals surface area contributed by atoms with Crippen molar-refractivity contribution < 1.29 is 9.53 Å². The van der Waals surface area contributed by atoms with Crippen molar-refractivity contribution in [1.82, 2.24) is 9.80 Å². The summed E-state index contributed by atoms with van der Waals surface area (Å²) in [6.45, 7) is 16.0. The fourth-order valence-corrected chi connectivity index (χ4v) is 6.84. The molecule has 8 heteroatoms. The lowest BCUT2D eigenvalue weighted by molar-refractivity contribution is 0.0637. The van der Waals surface area contributed by atoms with Gasteiger partial charge in [0.15, 0.2) is 0 Å². The number of benzene rings is 3. The highest BCUT2D eigenvalue weighted by Crippen LogP contribution is 2.58. The molecule has 0 unspecified atom stereocenters. The smallest absolute Gasteiger partial charge is 0.255 e. The summed E-state index contributed by atoms with van der Waals surface area (Å²) in [5.74, 6) is 1.61. The van der Waals surface area contributed by atoms with Crippen LogP contribution in [-0.2, 0) is 5.54 Å². The van der Waals surface area contributed by atoms with Gasteiger partial charge < -0.3 is 30.9 Å². The molecular weight excluding hydrogens is 524 g/mol. The van der Waals surface area contributed by atoms with Crippen LogP contribution in [-0.4, -0.2) is 81.2 Å². The summed E-state index contributed by atoms with van der Waals surface area (Å²) in [5, 5.41) is 0. The molecule has 1 spiro atoms. The quantitative estimate of drug-likeness (QED) is 0.314. The van der Waals surface area contributed by atoms with E-state index in [9.17, 15) is 4.79 Å². The van der Waals surface area contributed by atoms with Gasteiger partial charge in [0.2, 0.25) is 0 Å². The molecule has 0 fully saturated rings. The average molecular weight is 571 g/mol. The number of carbonyl (C=O) groups excluding carboxylic acids is 1. The number of amides is 1. The molecule has 0 aliphatic carbocycles. The molecule has 0 radical (unpaired) electrons. The monoisotopic (exact) mass is 570 g/mol. The largest absolute Gasteiger partial charge is 0.456 e. The predicted molar refractivity (Wildman–Crippen MR) is 172 cm³/mol. The van der Waals surface area contributed by atoms with Crippen LogP contribution in [0, 0.1) is 0 Å². The van der Waals surface area contributed by atoms with Crippen molar-refractivity contribution in [3.8, 4) is 11.5 Å². The van der Waals surface area contributed by atoms with Gasteiger partial charge in [-0.2, -0.15) is 0 Å². The average Bonchev–Trinajstić information content (AvgIpc) is 3.25. The maximum absolute atomic E-state index is 14.4. The molecule has 0 aromatic heterocycles. The zero-order chi connectivity index (χ0) is 29.9. The van der Waals surface area contributed by atoms with Crippen LogP contribution in [0.4, 0.5) is 11.4 Å².